The zero-order valence-corrected chi connectivity index (χ0v) is 17.8. The lowest BCUT2D eigenvalue weighted by atomic mass is 10.0. The second-order valence-corrected chi connectivity index (χ2v) is 7.92. The number of carbonyl (C=O) groups is 2. The summed E-state index contributed by atoms with van der Waals surface area (Å²) in [5.41, 5.74) is 1.54. The average Bonchev–Trinajstić information content (AvgIpc) is 3.29. The Balaban J connectivity index is 1.67. The first-order valence-electron chi connectivity index (χ1n) is 10.5. The number of ether oxygens (including phenoxy) is 1. The Hall–Kier alpha value is -2.86. The number of rotatable bonds is 9. The molecule has 3 rings (SSSR count). The van der Waals surface area contributed by atoms with Crippen LogP contribution in [0.5, 0.6) is 5.75 Å². The third-order valence-corrected chi connectivity index (χ3v) is 5.23. The molecule has 30 heavy (non-hydrogen) atoms. The molecule has 0 spiro atoms. The van der Waals surface area contributed by atoms with Crippen LogP contribution in [0.2, 0.25) is 0 Å². The Labute approximate surface area is 178 Å². The van der Waals surface area contributed by atoms with Crippen LogP contribution in [0.4, 0.5) is 0 Å². The Kier molecular flexibility index (Phi) is 7.85. The standard InChI is InChI=1S/C24H31N3O3/c1-26(2)16-17-30-21-12-10-19(11-13-21)18-22(24(29)27-14-6-7-15-27)25-23(28)20-8-4-3-5-9-20/h3-5,8-13,22H,6-7,14-18H2,1-2H3,(H,25,28)/t22-/m0/s1. The summed E-state index contributed by atoms with van der Waals surface area (Å²) in [6, 6.07) is 16.2. The fraction of sp³-hybridized carbons (Fsp3) is 0.417. The normalized spacial score (nSPS) is 14.6. The van der Waals surface area contributed by atoms with Gasteiger partial charge in [0.2, 0.25) is 5.91 Å². The minimum Gasteiger partial charge on any atom is -0.492 e. The number of likely N-dealkylation sites (tertiary alicyclic amines) is 1. The van der Waals surface area contributed by atoms with Crippen LogP contribution in [0, 0.1) is 0 Å². The molecule has 1 aliphatic rings. The number of amides is 2. The Morgan fingerprint density at radius 2 is 1.70 bits per heavy atom. The topological polar surface area (TPSA) is 61.9 Å². The molecule has 1 fully saturated rings. The lowest BCUT2D eigenvalue weighted by Crippen LogP contribution is -2.49. The molecular weight excluding hydrogens is 378 g/mol. The van der Waals surface area contributed by atoms with Gasteiger partial charge in [0.05, 0.1) is 0 Å². The van der Waals surface area contributed by atoms with Gasteiger partial charge in [-0.15, -0.1) is 0 Å². The van der Waals surface area contributed by atoms with E-state index in [-0.39, 0.29) is 11.8 Å². The highest BCUT2D eigenvalue weighted by Crippen LogP contribution is 2.16. The molecule has 2 aromatic carbocycles. The zero-order chi connectivity index (χ0) is 21.3. The number of carbonyl (C=O) groups excluding carboxylic acids is 2. The monoisotopic (exact) mass is 409 g/mol. The van der Waals surface area contributed by atoms with Gasteiger partial charge in [-0.3, -0.25) is 9.59 Å². The van der Waals surface area contributed by atoms with Crippen molar-refractivity contribution < 1.29 is 14.3 Å². The predicted octanol–water partition coefficient (Wildman–Crippen LogP) is 2.59. The number of nitrogens with one attached hydrogen (secondary N) is 1. The molecule has 6 nitrogen and oxygen atoms in total. The van der Waals surface area contributed by atoms with Crippen molar-refractivity contribution >= 4 is 11.8 Å². The fourth-order valence-corrected chi connectivity index (χ4v) is 3.49. The van der Waals surface area contributed by atoms with Crippen LogP contribution in [0.1, 0.15) is 28.8 Å². The SMILES string of the molecule is CN(C)CCOc1ccc(C[C@H](NC(=O)c2ccccc2)C(=O)N2CCCC2)cc1. The van der Waals surface area contributed by atoms with Gasteiger partial charge in [-0.2, -0.15) is 0 Å². The van der Waals surface area contributed by atoms with Gasteiger partial charge in [-0.1, -0.05) is 30.3 Å². The molecule has 1 N–H and O–H groups in total. The van der Waals surface area contributed by atoms with Crippen molar-refractivity contribution in [3.8, 4) is 5.75 Å². The second kappa shape index (κ2) is 10.8. The smallest absolute Gasteiger partial charge is 0.251 e. The third-order valence-electron chi connectivity index (χ3n) is 5.23. The van der Waals surface area contributed by atoms with Gasteiger partial charge < -0.3 is 19.9 Å². The van der Waals surface area contributed by atoms with Crippen LogP contribution in [-0.4, -0.2) is 68.0 Å². The summed E-state index contributed by atoms with van der Waals surface area (Å²) in [6.07, 6.45) is 2.49. The minimum atomic E-state index is -0.587. The Bertz CT molecular complexity index is 815. The summed E-state index contributed by atoms with van der Waals surface area (Å²) >= 11 is 0. The highest BCUT2D eigenvalue weighted by atomic mass is 16.5. The molecule has 0 aromatic heterocycles. The summed E-state index contributed by atoms with van der Waals surface area (Å²) in [4.78, 5) is 29.7. The van der Waals surface area contributed by atoms with Crippen LogP contribution < -0.4 is 10.1 Å². The Morgan fingerprint density at radius 3 is 2.33 bits per heavy atom. The minimum absolute atomic E-state index is 0.0110. The first kappa shape index (κ1) is 21.8. The van der Waals surface area contributed by atoms with E-state index in [1.54, 1.807) is 12.1 Å². The molecule has 1 saturated heterocycles. The average molecular weight is 410 g/mol. The van der Waals surface area contributed by atoms with E-state index in [1.807, 2.05) is 61.5 Å². The van der Waals surface area contributed by atoms with E-state index in [9.17, 15) is 9.59 Å². The molecule has 1 heterocycles. The fourth-order valence-electron chi connectivity index (χ4n) is 3.49. The van der Waals surface area contributed by atoms with E-state index in [2.05, 4.69) is 10.2 Å². The molecule has 2 amide bonds. The van der Waals surface area contributed by atoms with Gasteiger partial charge in [-0.05, 0) is 56.8 Å². The van der Waals surface area contributed by atoms with Crippen LogP contribution >= 0.6 is 0 Å². The molecule has 1 aliphatic heterocycles. The number of nitrogens with zero attached hydrogens (tertiary/aromatic N) is 2. The van der Waals surface area contributed by atoms with E-state index in [0.29, 0.717) is 18.6 Å². The molecule has 0 aliphatic carbocycles. The van der Waals surface area contributed by atoms with Crippen molar-refractivity contribution in [1.82, 2.24) is 15.1 Å². The van der Waals surface area contributed by atoms with Gasteiger partial charge in [0.25, 0.3) is 5.91 Å². The van der Waals surface area contributed by atoms with Crippen molar-refractivity contribution in [2.24, 2.45) is 0 Å². The molecule has 0 unspecified atom stereocenters. The van der Waals surface area contributed by atoms with E-state index in [4.69, 9.17) is 4.74 Å². The van der Waals surface area contributed by atoms with Crippen molar-refractivity contribution in [2.75, 3.05) is 40.3 Å². The van der Waals surface area contributed by atoms with Gasteiger partial charge in [0.15, 0.2) is 0 Å². The van der Waals surface area contributed by atoms with Crippen LogP contribution in [0.15, 0.2) is 54.6 Å². The van der Waals surface area contributed by atoms with Crippen molar-refractivity contribution in [3.05, 3.63) is 65.7 Å². The summed E-state index contributed by atoms with van der Waals surface area (Å²) in [5, 5.41) is 2.95. The highest BCUT2D eigenvalue weighted by molar-refractivity contribution is 5.97. The number of likely N-dealkylation sites (N-methyl/N-ethyl adjacent to an activating group) is 1. The van der Waals surface area contributed by atoms with Crippen molar-refractivity contribution in [3.63, 3.8) is 0 Å². The van der Waals surface area contributed by atoms with Gasteiger partial charge in [0.1, 0.15) is 18.4 Å². The van der Waals surface area contributed by atoms with Crippen LogP contribution in [0.25, 0.3) is 0 Å². The van der Waals surface area contributed by atoms with Crippen LogP contribution in [0.3, 0.4) is 0 Å². The molecule has 0 saturated carbocycles. The molecule has 1 atom stereocenters. The molecule has 0 bridgehead atoms. The predicted molar refractivity (Wildman–Crippen MR) is 118 cm³/mol. The van der Waals surface area contributed by atoms with Crippen LogP contribution in [-0.2, 0) is 11.2 Å². The largest absolute Gasteiger partial charge is 0.492 e. The maximum atomic E-state index is 13.1. The number of hydrogen-bond acceptors (Lipinski definition) is 4. The summed E-state index contributed by atoms with van der Waals surface area (Å²) < 4.78 is 5.74. The third kappa shape index (κ3) is 6.32. The zero-order valence-electron chi connectivity index (χ0n) is 17.8. The van der Waals surface area contributed by atoms with Crippen molar-refractivity contribution in [2.45, 2.75) is 25.3 Å². The van der Waals surface area contributed by atoms with E-state index in [1.165, 1.54) is 0 Å². The summed E-state index contributed by atoms with van der Waals surface area (Å²) in [7, 11) is 4.02. The first-order chi connectivity index (χ1) is 14.5. The molecule has 2 aromatic rings. The molecule has 0 radical (unpaired) electrons. The molecule has 160 valence electrons. The molecule has 6 heteroatoms. The summed E-state index contributed by atoms with van der Waals surface area (Å²) in [6.45, 7) is 2.99. The number of benzene rings is 2. The van der Waals surface area contributed by atoms with Gasteiger partial charge >= 0.3 is 0 Å². The second-order valence-electron chi connectivity index (χ2n) is 7.92. The van der Waals surface area contributed by atoms with E-state index < -0.39 is 6.04 Å². The lowest BCUT2D eigenvalue weighted by Gasteiger charge is -2.24. The quantitative estimate of drug-likeness (QED) is 0.692. The number of hydrogen-bond donors (Lipinski definition) is 1. The lowest BCUT2D eigenvalue weighted by molar-refractivity contribution is -0.132. The summed E-state index contributed by atoms with van der Waals surface area (Å²) in [5.74, 6) is 0.566. The van der Waals surface area contributed by atoms with Crippen molar-refractivity contribution in [1.29, 1.82) is 0 Å². The molecular formula is C24H31N3O3. The highest BCUT2D eigenvalue weighted by Gasteiger charge is 2.28. The first-order valence-corrected chi connectivity index (χ1v) is 10.5. The van der Waals surface area contributed by atoms with Gasteiger partial charge in [-0.25, -0.2) is 0 Å². The maximum absolute atomic E-state index is 13.1. The van der Waals surface area contributed by atoms with E-state index in [0.717, 1.165) is 43.8 Å². The Morgan fingerprint density at radius 1 is 1.03 bits per heavy atom. The van der Waals surface area contributed by atoms with E-state index >= 15 is 0 Å². The maximum Gasteiger partial charge on any atom is 0.251 e. The van der Waals surface area contributed by atoms with Gasteiger partial charge in [0, 0.05) is 31.6 Å².